The third-order valence-corrected chi connectivity index (χ3v) is 3.36. The van der Waals surface area contributed by atoms with Crippen LogP contribution in [-0.4, -0.2) is 23.2 Å². The largest absolute Gasteiger partial charge is 0.490 e. The lowest BCUT2D eigenvalue weighted by atomic mass is 9.97. The topological polar surface area (TPSA) is 80.4 Å². The molecule has 0 saturated heterocycles. The average Bonchev–Trinajstić information content (AvgIpc) is 2.81. The maximum atomic E-state index is 11.5. The van der Waals surface area contributed by atoms with Crippen LogP contribution < -0.4 is 5.73 Å². The Balaban J connectivity index is 0.000000236. The molecule has 1 aliphatic carbocycles. The van der Waals surface area contributed by atoms with E-state index in [1.165, 1.54) is 0 Å². The van der Waals surface area contributed by atoms with Crippen molar-refractivity contribution in [2.45, 2.75) is 12.1 Å². The lowest BCUT2D eigenvalue weighted by Crippen LogP contribution is -2.21. The molecule has 0 radical (unpaired) electrons. The van der Waals surface area contributed by atoms with E-state index in [4.69, 9.17) is 15.6 Å². The number of amides is 1. The molecular formula is C16H12F3NO3. The second-order valence-electron chi connectivity index (χ2n) is 4.81. The summed E-state index contributed by atoms with van der Waals surface area (Å²) in [5.41, 5.74) is 9.79. The van der Waals surface area contributed by atoms with E-state index in [-0.39, 0.29) is 11.8 Å². The van der Waals surface area contributed by atoms with Crippen molar-refractivity contribution < 1.29 is 27.9 Å². The van der Waals surface area contributed by atoms with E-state index in [0.717, 1.165) is 22.3 Å². The van der Waals surface area contributed by atoms with Crippen molar-refractivity contribution in [1.29, 1.82) is 0 Å². The smallest absolute Gasteiger partial charge is 0.475 e. The molecule has 23 heavy (non-hydrogen) atoms. The first kappa shape index (κ1) is 16.5. The van der Waals surface area contributed by atoms with E-state index >= 15 is 0 Å². The number of aliphatic carboxylic acids is 1. The Kier molecular flexibility index (Phi) is 4.40. The SMILES string of the molecule is NC(=O)C1c2ccccc2-c2ccccc21.O=C(O)C(F)(F)F. The predicted octanol–water partition coefficient (Wildman–Crippen LogP) is 2.92. The van der Waals surface area contributed by atoms with Crippen LogP contribution in [0.4, 0.5) is 13.2 Å². The van der Waals surface area contributed by atoms with E-state index < -0.39 is 12.1 Å². The first-order valence-corrected chi connectivity index (χ1v) is 6.51. The zero-order chi connectivity index (χ0) is 17.2. The standard InChI is InChI=1S/C14H11NO.C2HF3O2/c15-14(16)13-11-7-3-1-5-9(11)10-6-2-4-8-12(10)13;3-2(4,5)1(6)7/h1-8,13H,(H2,15,16);(H,6,7). The molecule has 1 amide bonds. The fourth-order valence-electron chi connectivity index (χ4n) is 2.46. The zero-order valence-corrected chi connectivity index (χ0v) is 11.7. The molecule has 7 heteroatoms. The highest BCUT2D eigenvalue weighted by Crippen LogP contribution is 2.44. The first-order chi connectivity index (χ1) is 10.7. The van der Waals surface area contributed by atoms with Crippen LogP contribution in [0.3, 0.4) is 0 Å². The molecule has 2 aromatic rings. The summed E-state index contributed by atoms with van der Waals surface area (Å²) in [6, 6.07) is 15.9. The second kappa shape index (κ2) is 6.12. The van der Waals surface area contributed by atoms with E-state index in [9.17, 15) is 18.0 Å². The van der Waals surface area contributed by atoms with Gasteiger partial charge >= 0.3 is 12.1 Å². The van der Waals surface area contributed by atoms with E-state index in [1.54, 1.807) is 0 Å². The van der Waals surface area contributed by atoms with Gasteiger partial charge in [-0.1, -0.05) is 48.5 Å². The zero-order valence-electron chi connectivity index (χ0n) is 11.7. The Morgan fingerprint density at radius 1 is 0.913 bits per heavy atom. The van der Waals surface area contributed by atoms with Crippen molar-refractivity contribution >= 4 is 11.9 Å². The van der Waals surface area contributed by atoms with Gasteiger partial charge in [-0.3, -0.25) is 4.79 Å². The number of primary amides is 1. The van der Waals surface area contributed by atoms with Gasteiger partial charge in [0, 0.05) is 0 Å². The molecule has 4 nitrogen and oxygen atoms in total. The number of nitrogens with two attached hydrogens (primary N) is 1. The van der Waals surface area contributed by atoms with Crippen LogP contribution in [-0.2, 0) is 9.59 Å². The van der Waals surface area contributed by atoms with E-state index in [0.29, 0.717) is 0 Å². The van der Waals surface area contributed by atoms with Crippen LogP contribution in [0.25, 0.3) is 11.1 Å². The minimum absolute atomic E-state index is 0.280. The molecule has 0 bridgehead atoms. The minimum atomic E-state index is -5.08. The summed E-state index contributed by atoms with van der Waals surface area (Å²) < 4.78 is 31.7. The van der Waals surface area contributed by atoms with Crippen LogP contribution in [0.15, 0.2) is 48.5 Å². The van der Waals surface area contributed by atoms with E-state index in [1.807, 2.05) is 48.5 Å². The molecule has 0 unspecified atom stereocenters. The number of carbonyl (C=O) groups is 2. The number of carboxylic acid groups (broad SMARTS) is 1. The van der Waals surface area contributed by atoms with Crippen LogP contribution in [0.1, 0.15) is 17.0 Å². The summed E-state index contributed by atoms with van der Waals surface area (Å²) in [4.78, 5) is 20.4. The summed E-state index contributed by atoms with van der Waals surface area (Å²) >= 11 is 0. The molecule has 120 valence electrons. The number of rotatable bonds is 1. The molecule has 0 spiro atoms. The van der Waals surface area contributed by atoms with Gasteiger partial charge in [-0.15, -0.1) is 0 Å². The first-order valence-electron chi connectivity index (χ1n) is 6.51. The highest BCUT2D eigenvalue weighted by molar-refractivity contribution is 5.95. The number of benzene rings is 2. The van der Waals surface area contributed by atoms with Gasteiger partial charge in [-0.25, -0.2) is 4.79 Å². The van der Waals surface area contributed by atoms with Gasteiger partial charge in [0.15, 0.2) is 0 Å². The molecule has 1 aliphatic rings. The van der Waals surface area contributed by atoms with Crippen molar-refractivity contribution in [2.75, 3.05) is 0 Å². The molecule has 0 aromatic heterocycles. The Morgan fingerprint density at radius 3 is 1.57 bits per heavy atom. The minimum Gasteiger partial charge on any atom is -0.475 e. The second-order valence-corrected chi connectivity index (χ2v) is 4.81. The molecule has 2 aromatic carbocycles. The third-order valence-electron chi connectivity index (χ3n) is 3.36. The van der Waals surface area contributed by atoms with Crippen molar-refractivity contribution in [2.24, 2.45) is 5.73 Å². The molecular weight excluding hydrogens is 311 g/mol. The quantitative estimate of drug-likeness (QED) is 0.847. The molecule has 0 fully saturated rings. The number of alkyl halides is 3. The van der Waals surface area contributed by atoms with E-state index in [2.05, 4.69) is 0 Å². The molecule has 0 aliphatic heterocycles. The number of carboxylic acids is 1. The average molecular weight is 323 g/mol. The van der Waals surface area contributed by atoms with Crippen LogP contribution in [0, 0.1) is 0 Å². The number of fused-ring (bicyclic) bond motifs is 3. The van der Waals surface area contributed by atoms with Gasteiger partial charge in [0.2, 0.25) is 5.91 Å². The lowest BCUT2D eigenvalue weighted by Gasteiger charge is -2.07. The highest BCUT2D eigenvalue weighted by Gasteiger charge is 2.38. The van der Waals surface area contributed by atoms with Crippen molar-refractivity contribution in [3.8, 4) is 11.1 Å². The van der Waals surface area contributed by atoms with Gasteiger partial charge in [0.25, 0.3) is 0 Å². The van der Waals surface area contributed by atoms with Gasteiger partial charge < -0.3 is 10.8 Å². The van der Waals surface area contributed by atoms with Gasteiger partial charge in [-0.05, 0) is 22.3 Å². The maximum absolute atomic E-state index is 11.5. The van der Waals surface area contributed by atoms with Crippen molar-refractivity contribution in [3.63, 3.8) is 0 Å². The fourth-order valence-corrected chi connectivity index (χ4v) is 2.46. The fraction of sp³-hybridized carbons (Fsp3) is 0.125. The highest BCUT2D eigenvalue weighted by atomic mass is 19.4. The van der Waals surface area contributed by atoms with Crippen LogP contribution in [0.5, 0.6) is 0 Å². The summed E-state index contributed by atoms with van der Waals surface area (Å²) in [7, 11) is 0. The molecule has 0 atom stereocenters. The van der Waals surface area contributed by atoms with Crippen molar-refractivity contribution in [3.05, 3.63) is 59.7 Å². The number of hydrogen-bond acceptors (Lipinski definition) is 2. The molecule has 0 saturated carbocycles. The van der Waals surface area contributed by atoms with Crippen LogP contribution in [0.2, 0.25) is 0 Å². The Morgan fingerprint density at radius 2 is 1.26 bits per heavy atom. The number of hydrogen-bond donors (Lipinski definition) is 2. The van der Waals surface area contributed by atoms with Crippen molar-refractivity contribution in [1.82, 2.24) is 0 Å². The summed E-state index contributed by atoms with van der Waals surface area (Å²) in [6.45, 7) is 0. The number of halogens is 3. The monoisotopic (exact) mass is 323 g/mol. The third kappa shape index (κ3) is 3.33. The van der Waals surface area contributed by atoms with Gasteiger partial charge in [-0.2, -0.15) is 13.2 Å². The van der Waals surface area contributed by atoms with Gasteiger partial charge in [0.05, 0.1) is 5.92 Å². The Labute approximate surface area is 129 Å². The summed E-state index contributed by atoms with van der Waals surface area (Å²) in [6.07, 6.45) is -5.08. The Hall–Kier alpha value is -2.83. The van der Waals surface area contributed by atoms with Crippen LogP contribution >= 0.6 is 0 Å². The summed E-state index contributed by atoms with van der Waals surface area (Å²) in [5, 5.41) is 7.12. The normalized spacial score (nSPS) is 12.7. The molecule has 0 heterocycles. The summed E-state index contributed by atoms with van der Waals surface area (Å²) in [5.74, 6) is -3.32. The number of carbonyl (C=O) groups excluding carboxylic acids is 1. The molecule has 3 N–H and O–H groups in total. The predicted molar refractivity (Wildman–Crippen MR) is 76.6 cm³/mol. The lowest BCUT2D eigenvalue weighted by molar-refractivity contribution is -0.192. The Bertz CT molecular complexity index is 711. The van der Waals surface area contributed by atoms with Gasteiger partial charge in [0.1, 0.15) is 0 Å². The molecule has 3 rings (SSSR count). The maximum Gasteiger partial charge on any atom is 0.490 e.